The van der Waals surface area contributed by atoms with E-state index < -0.39 is 5.95 Å². The van der Waals surface area contributed by atoms with Crippen molar-refractivity contribution < 1.29 is 9.13 Å². The van der Waals surface area contributed by atoms with Gasteiger partial charge in [0.1, 0.15) is 5.75 Å². The van der Waals surface area contributed by atoms with Crippen molar-refractivity contribution in [2.45, 2.75) is 25.8 Å². The maximum atomic E-state index is 13.3. The largest absolute Gasteiger partial charge is 0.439 e. The first-order chi connectivity index (χ1) is 14.7. The SMILES string of the molecule is C[C@@H](c1ccc2scnc2c1)N1CCc2ccc(Oc3cccc(F)n3)cc2CC1. The molecule has 0 N–H and O–H groups in total. The summed E-state index contributed by atoms with van der Waals surface area (Å²) >= 11 is 1.68. The van der Waals surface area contributed by atoms with Gasteiger partial charge in [-0.05, 0) is 66.8 Å². The number of ether oxygens (including phenoxy) is 1. The number of rotatable bonds is 4. The first-order valence-electron chi connectivity index (χ1n) is 10.1. The second-order valence-corrected chi connectivity index (χ2v) is 8.51. The molecule has 1 atom stereocenters. The summed E-state index contributed by atoms with van der Waals surface area (Å²) in [5, 5.41) is 0. The van der Waals surface area contributed by atoms with Crippen molar-refractivity contribution in [3.8, 4) is 11.6 Å². The maximum Gasteiger partial charge on any atom is 0.221 e. The Morgan fingerprint density at radius 3 is 2.77 bits per heavy atom. The van der Waals surface area contributed by atoms with E-state index >= 15 is 0 Å². The average Bonchev–Trinajstić information content (AvgIpc) is 3.12. The summed E-state index contributed by atoms with van der Waals surface area (Å²) in [7, 11) is 0. The highest BCUT2D eigenvalue weighted by molar-refractivity contribution is 7.16. The summed E-state index contributed by atoms with van der Waals surface area (Å²) in [5.41, 5.74) is 6.92. The molecule has 1 aliphatic heterocycles. The Morgan fingerprint density at radius 1 is 1.03 bits per heavy atom. The van der Waals surface area contributed by atoms with Gasteiger partial charge in [-0.25, -0.2) is 4.98 Å². The Bertz CT molecular complexity index is 1190. The van der Waals surface area contributed by atoms with Gasteiger partial charge in [-0.15, -0.1) is 11.3 Å². The Kier molecular flexibility index (Phi) is 5.19. The van der Waals surface area contributed by atoms with Gasteiger partial charge in [-0.3, -0.25) is 4.90 Å². The minimum atomic E-state index is -0.539. The van der Waals surface area contributed by atoms with Crippen LogP contribution in [-0.4, -0.2) is 28.0 Å². The molecule has 1 aliphatic rings. The summed E-state index contributed by atoms with van der Waals surface area (Å²) in [6.07, 6.45) is 1.95. The van der Waals surface area contributed by atoms with Crippen LogP contribution in [0.25, 0.3) is 10.2 Å². The van der Waals surface area contributed by atoms with Crippen LogP contribution in [0, 0.1) is 5.95 Å². The number of thiazole rings is 1. The Hall–Kier alpha value is -2.83. The molecule has 3 heterocycles. The van der Waals surface area contributed by atoms with Crippen molar-refractivity contribution in [3.63, 3.8) is 0 Å². The van der Waals surface area contributed by atoms with Gasteiger partial charge in [0.05, 0.1) is 15.7 Å². The van der Waals surface area contributed by atoms with Crippen LogP contribution in [0.1, 0.15) is 29.7 Å². The van der Waals surface area contributed by atoms with Gasteiger partial charge in [0.15, 0.2) is 0 Å². The number of hydrogen-bond acceptors (Lipinski definition) is 5. The van der Waals surface area contributed by atoms with Crippen LogP contribution in [-0.2, 0) is 12.8 Å². The average molecular weight is 420 g/mol. The van der Waals surface area contributed by atoms with Gasteiger partial charge in [0.2, 0.25) is 11.8 Å². The Morgan fingerprint density at radius 2 is 1.90 bits per heavy atom. The topological polar surface area (TPSA) is 38.2 Å². The van der Waals surface area contributed by atoms with Crippen LogP contribution in [0.15, 0.2) is 60.1 Å². The highest BCUT2D eigenvalue weighted by Gasteiger charge is 2.20. The molecule has 2 aromatic heterocycles. The Balaban J connectivity index is 1.31. The number of aromatic nitrogens is 2. The third-order valence-corrected chi connectivity index (χ3v) is 6.62. The normalized spacial score (nSPS) is 15.5. The first-order valence-corrected chi connectivity index (χ1v) is 11.0. The van der Waals surface area contributed by atoms with Crippen molar-refractivity contribution >= 4 is 21.6 Å². The monoisotopic (exact) mass is 419 g/mol. The minimum Gasteiger partial charge on any atom is -0.439 e. The lowest BCUT2D eigenvalue weighted by atomic mass is 10.0. The van der Waals surface area contributed by atoms with Gasteiger partial charge in [-0.1, -0.05) is 18.2 Å². The van der Waals surface area contributed by atoms with Crippen LogP contribution >= 0.6 is 11.3 Å². The van der Waals surface area contributed by atoms with E-state index in [-0.39, 0.29) is 5.88 Å². The Labute approximate surface area is 179 Å². The smallest absolute Gasteiger partial charge is 0.221 e. The molecular weight excluding hydrogens is 397 g/mol. The molecule has 5 rings (SSSR count). The zero-order valence-electron chi connectivity index (χ0n) is 16.7. The van der Waals surface area contributed by atoms with Crippen molar-refractivity contribution in [2.75, 3.05) is 13.1 Å². The van der Waals surface area contributed by atoms with Crippen LogP contribution in [0.4, 0.5) is 4.39 Å². The summed E-state index contributed by atoms with van der Waals surface area (Å²) in [6.45, 7) is 4.26. The van der Waals surface area contributed by atoms with Gasteiger partial charge in [0, 0.05) is 25.2 Å². The lowest BCUT2D eigenvalue weighted by Crippen LogP contribution is -2.29. The number of halogens is 1. The van der Waals surface area contributed by atoms with Gasteiger partial charge >= 0.3 is 0 Å². The third-order valence-electron chi connectivity index (χ3n) is 5.81. The van der Waals surface area contributed by atoms with Crippen molar-refractivity contribution in [1.82, 2.24) is 14.9 Å². The predicted octanol–water partition coefficient (Wildman–Crippen LogP) is 5.78. The molecule has 2 aromatic carbocycles. The number of pyridine rings is 1. The summed E-state index contributed by atoms with van der Waals surface area (Å²) in [6, 6.07) is 17.7. The second-order valence-electron chi connectivity index (χ2n) is 7.62. The molecule has 0 saturated heterocycles. The molecule has 0 unspecified atom stereocenters. The minimum absolute atomic E-state index is 0.274. The fourth-order valence-electron chi connectivity index (χ4n) is 4.08. The molecular formula is C24H22FN3OS. The molecule has 0 aliphatic carbocycles. The van der Waals surface area contributed by atoms with E-state index in [1.807, 2.05) is 11.6 Å². The van der Waals surface area contributed by atoms with E-state index in [9.17, 15) is 4.39 Å². The number of hydrogen-bond donors (Lipinski definition) is 0. The fraction of sp³-hybridized carbons (Fsp3) is 0.250. The second kappa shape index (κ2) is 8.13. The lowest BCUT2D eigenvalue weighted by Gasteiger charge is -2.28. The summed E-state index contributed by atoms with van der Waals surface area (Å²) in [4.78, 5) is 10.8. The molecule has 30 heavy (non-hydrogen) atoms. The molecule has 152 valence electrons. The summed E-state index contributed by atoms with van der Waals surface area (Å²) < 4.78 is 20.3. The predicted molar refractivity (Wildman–Crippen MR) is 118 cm³/mol. The first kappa shape index (κ1) is 19.2. The van der Waals surface area contributed by atoms with E-state index in [1.165, 1.54) is 27.5 Å². The van der Waals surface area contributed by atoms with Crippen LogP contribution < -0.4 is 4.74 Å². The molecule has 4 nitrogen and oxygen atoms in total. The number of benzene rings is 2. The molecule has 0 bridgehead atoms. The van der Waals surface area contributed by atoms with E-state index in [0.717, 1.165) is 31.4 Å². The zero-order valence-corrected chi connectivity index (χ0v) is 17.5. The standard InChI is InChI=1S/C24H22FN3OS/c1-16(18-6-8-22-21(14-18)26-15-30-22)28-11-9-17-5-7-20(13-19(17)10-12-28)29-24-4-2-3-23(25)27-24/h2-8,13-16H,9-12H2,1H3/t16-/m0/s1. The van der Waals surface area contributed by atoms with Gasteiger partial charge in [-0.2, -0.15) is 9.37 Å². The molecule has 4 aromatic rings. The lowest BCUT2D eigenvalue weighted by molar-refractivity contribution is 0.221. The van der Waals surface area contributed by atoms with Gasteiger partial charge in [0.25, 0.3) is 0 Å². The molecule has 0 fully saturated rings. The number of nitrogens with zero attached hydrogens (tertiary/aromatic N) is 3. The van der Waals surface area contributed by atoms with Crippen LogP contribution in [0.3, 0.4) is 0 Å². The van der Waals surface area contributed by atoms with Crippen LogP contribution in [0.5, 0.6) is 11.6 Å². The highest BCUT2D eigenvalue weighted by Crippen LogP contribution is 2.30. The highest BCUT2D eigenvalue weighted by atomic mass is 32.1. The molecule has 0 spiro atoms. The van der Waals surface area contributed by atoms with Gasteiger partial charge < -0.3 is 4.74 Å². The van der Waals surface area contributed by atoms with E-state index in [4.69, 9.17) is 4.74 Å². The van der Waals surface area contributed by atoms with E-state index in [1.54, 1.807) is 23.5 Å². The van der Waals surface area contributed by atoms with E-state index in [0.29, 0.717) is 11.8 Å². The molecule has 0 radical (unpaired) electrons. The van der Waals surface area contributed by atoms with Crippen molar-refractivity contribution in [1.29, 1.82) is 0 Å². The maximum absolute atomic E-state index is 13.3. The quantitative estimate of drug-likeness (QED) is 0.393. The third kappa shape index (κ3) is 3.93. The fourth-order valence-corrected chi connectivity index (χ4v) is 4.74. The summed E-state index contributed by atoms with van der Waals surface area (Å²) in [5.74, 6) is 0.432. The molecule has 6 heteroatoms. The molecule has 0 amide bonds. The zero-order chi connectivity index (χ0) is 20.5. The van der Waals surface area contributed by atoms with Crippen LogP contribution in [0.2, 0.25) is 0 Å². The van der Waals surface area contributed by atoms with E-state index in [2.05, 4.69) is 52.1 Å². The molecule has 0 saturated carbocycles. The van der Waals surface area contributed by atoms with Crippen molar-refractivity contribution in [2.24, 2.45) is 0 Å². The number of fused-ring (bicyclic) bond motifs is 2. The van der Waals surface area contributed by atoms with Crippen molar-refractivity contribution in [3.05, 3.63) is 82.7 Å².